The second-order valence-electron chi connectivity index (χ2n) is 6.98. The number of aromatic nitrogens is 2. The van der Waals surface area contributed by atoms with Gasteiger partial charge in [-0.2, -0.15) is 0 Å². The van der Waals surface area contributed by atoms with E-state index in [1.165, 1.54) is 23.3 Å². The van der Waals surface area contributed by atoms with Crippen molar-refractivity contribution in [1.29, 1.82) is 0 Å². The first-order valence-corrected chi connectivity index (χ1v) is 10.5. The van der Waals surface area contributed by atoms with Gasteiger partial charge in [0.2, 0.25) is 5.82 Å². The molecule has 5 rings (SSSR count). The van der Waals surface area contributed by atoms with E-state index < -0.39 is 0 Å². The van der Waals surface area contributed by atoms with Gasteiger partial charge >= 0.3 is 0 Å². The normalized spacial score (nSPS) is 13.4. The Morgan fingerprint density at radius 1 is 1.03 bits per heavy atom. The Morgan fingerprint density at radius 2 is 1.79 bits per heavy atom. The second-order valence-corrected chi connectivity index (χ2v) is 8.07. The molecule has 4 aromatic heterocycles. The van der Waals surface area contributed by atoms with Crippen molar-refractivity contribution in [3.63, 3.8) is 0 Å². The van der Waals surface area contributed by atoms with Gasteiger partial charge in [-0.25, -0.2) is 9.97 Å². The molecule has 29 heavy (non-hydrogen) atoms. The zero-order valence-electron chi connectivity index (χ0n) is 15.7. The molecule has 4 heterocycles. The van der Waals surface area contributed by atoms with Crippen LogP contribution in [0.25, 0.3) is 10.2 Å². The number of nitrogens with zero attached hydrogens (tertiary/aromatic N) is 2. The van der Waals surface area contributed by atoms with Crippen LogP contribution >= 0.6 is 11.3 Å². The molecule has 0 fully saturated rings. The van der Waals surface area contributed by atoms with Crippen LogP contribution in [0.1, 0.15) is 45.4 Å². The van der Waals surface area contributed by atoms with Crippen LogP contribution in [0.15, 0.2) is 45.6 Å². The number of carbonyl (C=O) groups excluding carboxylic acids is 1. The fourth-order valence-electron chi connectivity index (χ4n) is 3.63. The highest BCUT2D eigenvalue weighted by atomic mass is 32.1. The summed E-state index contributed by atoms with van der Waals surface area (Å²) in [5, 5.41) is 7.22. The lowest BCUT2D eigenvalue weighted by Crippen LogP contribution is -2.25. The highest BCUT2D eigenvalue weighted by molar-refractivity contribution is 7.19. The fourth-order valence-corrected chi connectivity index (χ4v) is 4.89. The summed E-state index contributed by atoms with van der Waals surface area (Å²) in [4.78, 5) is 24.1. The van der Waals surface area contributed by atoms with Crippen LogP contribution in [-0.2, 0) is 25.9 Å². The first-order valence-electron chi connectivity index (χ1n) is 9.67. The number of aryl methyl sites for hydroxylation is 2. The molecule has 0 radical (unpaired) electrons. The molecule has 0 saturated heterocycles. The van der Waals surface area contributed by atoms with E-state index in [1.54, 1.807) is 29.9 Å². The standard InChI is InChI=1S/C21H20N4O3S/c26-20(23-12-14-6-4-10-28-14)19-24-18(22-11-13-5-3-9-27-13)17-15-7-1-2-8-16(15)29-21(17)25-19/h3-6,9-10H,1-2,7-8,11-12H2,(H,23,26)(H,22,24,25). The predicted molar refractivity (Wildman–Crippen MR) is 110 cm³/mol. The van der Waals surface area contributed by atoms with E-state index in [2.05, 4.69) is 20.6 Å². The Kier molecular flexibility index (Phi) is 4.77. The molecular weight excluding hydrogens is 388 g/mol. The van der Waals surface area contributed by atoms with E-state index in [0.717, 1.165) is 28.8 Å². The van der Waals surface area contributed by atoms with Crippen molar-refractivity contribution >= 4 is 33.3 Å². The Labute approximate surface area is 171 Å². The third-order valence-electron chi connectivity index (χ3n) is 5.03. The largest absolute Gasteiger partial charge is 0.467 e. The summed E-state index contributed by atoms with van der Waals surface area (Å²) in [5.41, 5.74) is 1.32. The molecule has 2 N–H and O–H groups in total. The van der Waals surface area contributed by atoms with Crippen LogP contribution < -0.4 is 10.6 Å². The molecule has 0 aromatic carbocycles. The van der Waals surface area contributed by atoms with Gasteiger partial charge in [0.15, 0.2) is 0 Å². The number of hydrogen-bond acceptors (Lipinski definition) is 7. The van der Waals surface area contributed by atoms with E-state index in [4.69, 9.17) is 8.83 Å². The van der Waals surface area contributed by atoms with Gasteiger partial charge in [-0.15, -0.1) is 11.3 Å². The third-order valence-corrected chi connectivity index (χ3v) is 6.22. The summed E-state index contributed by atoms with van der Waals surface area (Å²) >= 11 is 1.67. The van der Waals surface area contributed by atoms with Gasteiger partial charge < -0.3 is 19.5 Å². The number of thiophene rings is 1. The molecule has 0 bridgehead atoms. The van der Waals surface area contributed by atoms with Gasteiger partial charge in [0, 0.05) is 4.88 Å². The Balaban J connectivity index is 1.48. The van der Waals surface area contributed by atoms with Crippen LogP contribution in [0, 0.1) is 0 Å². The van der Waals surface area contributed by atoms with Crippen molar-refractivity contribution in [2.75, 3.05) is 5.32 Å². The molecule has 148 valence electrons. The maximum atomic E-state index is 12.7. The van der Waals surface area contributed by atoms with Crippen molar-refractivity contribution in [2.24, 2.45) is 0 Å². The maximum absolute atomic E-state index is 12.7. The van der Waals surface area contributed by atoms with Crippen molar-refractivity contribution in [3.05, 3.63) is 64.6 Å². The average Bonchev–Trinajstić information content (AvgIpc) is 3.50. The van der Waals surface area contributed by atoms with Gasteiger partial charge in [-0.3, -0.25) is 4.79 Å². The van der Waals surface area contributed by atoms with E-state index in [0.29, 0.717) is 24.7 Å². The molecule has 0 atom stereocenters. The highest BCUT2D eigenvalue weighted by Gasteiger charge is 2.23. The molecule has 4 aromatic rings. The summed E-state index contributed by atoms with van der Waals surface area (Å²) < 4.78 is 10.7. The van der Waals surface area contributed by atoms with Crippen LogP contribution in [0.5, 0.6) is 0 Å². The van der Waals surface area contributed by atoms with E-state index in [1.807, 2.05) is 18.2 Å². The van der Waals surface area contributed by atoms with Crippen molar-refractivity contribution in [3.8, 4) is 0 Å². The van der Waals surface area contributed by atoms with Crippen molar-refractivity contribution < 1.29 is 13.6 Å². The van der Waals surface area contributed by atoms with Gasteiger partial charge in [0.05, 0.1) is 31.0 Å². The minimum absolute atomic E-state index is 0.157. The van der Waals surface area contributed by atoms with E-state index in [-0.39, 0.29) is 11.7 Å². The molecule has 1 amide bonds. The van der Waals surface area contributed by atoms with Gasteiger partial charge in [0.1, 0.15) is 22.2 Å². The highest BCUT2D eigenvalue weighted by Crippen LogP contribution is 2.38. The topological polar surface area (TPSA) is 93.2 Å². The number of amides is 1. The number of nitrogens with one attached hydrogen (secondary N) is 2. The van der Waals surface area contributed by atoms with Gasteiger partial charge in [0.25, 0.3) is 5.91 Å². The third kappa shape index (κ3) is 3.63. The Bertz CT molecular complexity index is 1130. The number of fused-ring (bicyclic) bond motifs is 3. The van der Waals surface area contributed by atoms with Crippen LogP contribution in [0.3, 0.4) is 0 Å². The zero-order valence-corrected chi connectivity index (χ0v) is 16.6. The quantitative estimate of drug-likeness (QED) is 0.494. The fraction of sp³-hybridized carbons (Fsp3) is 0.286. The zero-order chi connectivity index (χ0) is 19.6. The maximum Gasteiger partial charge on any atom is 0.289 e. The summed E-state index contributed by atoms with van der Waals surface area (Å²) in [6, 6.07) is 7.36. The summed E-state index contributed by atoms with van der Waals surface area (Å²) in [6.07, 6.45) is 7.68. The first-order chi connectivity index (χ1) is 14.3. The monoisotopic (exact) mass is 408 g/mol. The lowest BCUT2D eigenvalue weighted by atomic mass is 9.97. The average molecular weight is 408 g/mol. The molecule has 8 heteroatoms. The molecule has 0 aliphatic heterocycles. The van der Waals surface area contributed by atoms with Gasteiger partial charge in [-0.05, 0) is 55.5 Å². The lowest BCUT2D eigenvalue weighted by Gasteiger charge is -2.13. The van der Waals surface area contributed by atoms with E-state index >= 15 is 0 Å². The molecule has 7 nitrogen and oxygen atoms in total. The number of rotatable bonds is 6. The minimum atomic E-state index is -0.323. The Morgan fingerprint density at radius 3 is 2.55 bits per heavy atom. The SMILES string of the molecule is O=C(NCc1ccco1)c1nc(NCc2ccco2)c2c3c(sc2n1)CCCC3. The van der Waals surface area contributed by atoms with Gasteiger partial charge in [-0.1, -0.05) is 0 Å². The van der Waals surface area contributed by atoms with E-state index in [9.17, 15) is 4.79 Å². The van der Waals surface area contributed by atoms with Crippen molar-refractivity contribution in [1.82, 2.24) is 15.3 Å². The Hall–Kier alpha value is -3.13. The molecule has 0 unspecified atom stereocenters. The molecule has 1 aliphatic rings. The van der Waals surface area contributed by atoms with Crippen LogP contribution in [0.4, 0.5) is 5.82 Å². The number of anilines is 1. The molecule has 0 saturated carbocycles. The summed E-state index contributed by atoms with van der Waals surface area (Å²) in [7, 11) is 0. The minimum Gasteiger partial charge on any atom is -0.467 e. The lowest BCUT2D eigenvalue weighted by molar-refractivity contribution is 0.0938. The number of furan rings is 2. The second kappa shape index (κ2) is 7.71. The van der Waals surface area contributed by atoms with Crippen molar-refractivity contribution in [2.45, 2.75) is 38.8 Å². The summed E-state index contributed by atoms with van der Waals surface area (Å²) in [5.74, 6) is 2.01. The predicted octanol–water partition coefficient (Wildman–Crippen LogP) is 4.30. The molecular formula is C21H20N4O3S. The number of hydrogen-bond donors (Lipinski definition) is 2. The number of carbonyl (C=O) groups is 1. The summed E-state index contributed by atoms with van der Waals surface area (Å²) in [6.45, 7) is 0.792. The molecule has 0 spiro atoms. The smallest absolute Gasteiger partial charge is 0.289 e. The molecule has 1 aliphatic carbocycles. The van der Waals surface area contributed by atoms with Crippen LogP contribution in [-0.4, -0.2) is 15.9 Å². The first kappa shape index (κ1) is 17.9. The van der Waals surface area contributed by atoms with Crippen LogP contribution in [0.2, 0.25) is 0 Å².